The summed E-state index contributed by atoms with van der Waals surface area (Å²) in [5.41, 5.74) is 0.0887. The zero-order chi connectivity index (χ0) is 12.8. The summed E-state index contributed by atoms with van der Waals surface area (Å²) >= 11 is 0. The number of hydrogen-bond donors (Lipinski definition) is 1. The second-order valence-electron chi connectivity index (χ2n) is 5.56. The Morgan fingerprint density at radius 3 is 2.78 bits per heavy atom. The first-order chi connectivity index (χ1) is 8.75. The molecule has 0 saturated heterocycles. The Kier molecular flexibility index (Phi) is 5.00. The van der Waals surface area contributed by atoms with E-state index in [0.29, 0.717) is 0 Å². The molecule has 1 aromatic rings. The molecule has 1 heterocycles. The maximum Gasteiger partial charge on any atom is 0.250 e. The van der Waals surface area contributed by atoms with Crippen LogP contribution in [0.15, 0.2) is 29.2 Å². The van der Waals surface area contributed by atoms with Gasteiger partial charge in [0.05, 0.1) is 0 Å². The van der Waals surface area contributed by atoms with Crippen molar-refractivity contribution in [2.75, 3.05) is 13.1 Å². The zero-order valence-electron chi connectivity index (χ0n) is 11.3. The number of pyridine rings is 1. The van der Waals surface area contributed by atoms with E-state index in [4.69, 9.17) is 0 Å². The van der Waals surface area contributed by atoms with Crippen LogP contribution < -0.4 is 10.9 Å². The highest BCUT2D eigenvalue weighted by atomic mass is 16.1. The minimum absolute atomic E-state index is 0.0887. The molecule has 0 bridgehead atoms. The van der Waals surface area contributed by atoms with Crippen molar-refractivity contribution in [3.63, 3.8) is 0 Å². The standard InChI is InChI=1S/C15H24N2O/c1-13-5-7-14(8-6-13)12-16-9-11-17-10-3-2-4-15(17)18/h2-4,10,13-14,16H,5-9,11-12H2,1H3. The van der Waals surface area contributed by atoms with Crippen LogP contribution in [0.25, 0.3) is 0 Å². The van der Waals surface area contributed by atoms with E-state index in [-0.39, 0.29) is 5.56 Å². The summed E-state index contributed by atoms with van der Waals surface area (Å²) in [6.07, 6.45) is 7.33. The van der Waals surface area contributed by atoms with Gasteiger partial charge >= 0.3 is 0 Å². The molecule has 0 unspecified atom stereocenters. The van der Waals surface area contributed by atoms with Crippen molar-refractivity contribution in [1.82, 2.24) is 9.88 Å². The molecule has 18 heavy (non-hydrogen) atoms. The van der Waals surface area contributed by atoms with Gasteiger partial charge in [-0.2, -0.15) is 0 Å². The molecule has 0 spiro atoms. The van der Waals surface area contributed by atoms with Crippen molar-refractivity contribution in [3.05, 3.63) is 34.7 Å². The largest absolute Gasteiger partial charge is 0.315 e. The van der Waals surface area contributed by atoms with E-state index in [1.54, 1.807) is 16.7 Å². The Hall–Kier alpha value is -1.09. The van der Waals surface area contributed by atoms with Gasteiger partial charge in [-0.05, 0) is 37.3 Å². The first-order valence-corrected chi connectivity index (χ1v) is 7.12. The third kappa shape index (κ3) is 3.98. The third-order valence-corrected chi connectivity index (χ3v) is 4.00. The monoisotopic (exact) mass is 248 g/mol. The van der Waals surface area contributed by atoms with Gasteiger partial charge in [-0.25, -0.2) is 0 Å². The van der Waals surface area contributed by atoms with Crippen LogP contribution in [0.3, 0.4) is 0 Å². The number of aromatic nitrogens is 1. The van der Waals surface area contributed by atoms with Crippen LogP contribution in [-0.2, 0) is 6.54 Å². The summed E-state index contributed by atoms with van der Waals surface area (Å²) in [5.74, 6) is 1.76. The highest BCUT2D eigenvalue weighted by Gasteiger charge is 2.17. The maximum atomic E-state index is 11.5. The molecule has 0 amide bonds. The number of rotatable bonds is 5. The molecule has 0 aromatic carbocycles. The first kappa shape index (κ1) is 13.3. The van der Waals surface area contributed by atoms with Gasteiger partial charge in [-0.3, -0.25) is 4.79 Å². The average Bonchev–Trinajstić information content (AvgIpc) is 2.39. The van der Waals surface area contributed by atoms with Crippen LogP contribution >= 0.6 is 0 Å². The van der Waals surface area contributed by atoms with Gasteiger partial charge in [0.2, 0.25) is 0 Å². The molecule has 1 saturated carbocycles. The van der Waals surface area contributed by atoms with E-state index < -0.39 is 0 Å². The van der Waals surface area contributed by atoms with Crippen LogP contribution in [-0.4, -0.2) is 17.7 Å². The number of nitrogens with one attached hydrogen (secondary N) is 1. The van der Waals surface area contributed by atoms with Crippen molar-refractivity contribution >= 4 is 0 Å². The Morgan fingerprint density at radius 2 is 2.06 bits per heavy atom. The molecule has 0 atom stereocenters. The summed E-state index contributed by atoms with van der Waals surface area (Å²) in [6, 6.07) is 5.31. The predicted molar refractivity (Wildman–Crippen MR) is 74.7 cm³/mol. The SMILES string of the molecule is CC1CCC(CNCCn2ccccc2=O)CC1. The smallest absolute Gasteiger partial charge is 0.250 e. The van der Waals surface area contributed by atoms with Crippen LogP contribution in [0.1, 0.15) is 32.6 Å². The van der Waals surface area contributed by atoms with E-state index in [2.05, 4.69) is 12.2 Å². The molecule has 2 rings (SSSR count). The van der Waals surface area contributed by atoms with Crippen LogP contribution in [0.2, 0.25) is 0 Å². The fourth-order valence-electron chi connectivity index (χ4n) is 2.68. The maximum absolute atomic E-state index is 11.5. The van der Waals surface area contributed by atoms with E-state index in [0.717, 1.165) is 31.5 Å². The molecular formula is C15H24N2O. The van der Waals surface area contributed by atoms with Crippen LogP contribution in [0.5, 0.6) is 0 Å². The third-order valence-electron chi connectivity index (χ3n) is 4.00. The summed E-state index contributed by atoms with van der Waals surface area (Å²) in [5, 5.41) is 3.49. The van der Waals surface area contributed by atoms with Gasteiger partial charge in [0.1, 0.15) is 0 Å². The first-order valence-electron chi connectivity index (χ1n) is 7.12. The Balaban J connectivity index is 1.64. The van der Waals surface area contributed by atoms with E-state index in [9.17, 15) is 4.79 Å². The average molecular weight is 248 g/mol. The quantitative estimate of drug-likeness (QED) is 0.811. The van der Waals surface area contributed by atoms with Crippen molar-refractivity contribution in [2.45, 2.75) is 39.2 Å². The normalized spacial score (nSPS) is 24.1. The molecule has 1 fully saturated rings. The molecule has 1 aliphatic rings. The topological polar surface area (TPSA) is 34.0 Å². The zero-order valence-corrected chi connectivity index (χ0v) is 11.3. The Labute approximate surface area is 109 Å². The molecule has 3 heteroatoms. The van der Waals surface area contributed by atoms with Gasteiger partial charge in [0, 0.05) is 25.4 Å². The van der Waals surface area contributed by atoms with Crippen molar-refractivity contribution in [1.29, 1.82) is 0 Å². The number of hydrogen-bond acceptors (Lipinski definition) is 2. The summed E-state index contributed by atoms with van der Waals surface area (Å²) < 4.78 is 1.76. The highest BCUT2D eigenvalue weighted by molar-refractivity contribution is 4.93. The lowest BCUT2D eigenvalue weighted by molar-refractivity contribution is 0.281. The minimum Gasteiger partial charge on any atom is -0.315 e. The van der Waals surface area contributed by atoms with Gasteiger partial charge in [-0.1, -0.05) is 25.8 Å². The van der Waals surface area contributed by atoms with E-state index >= 15 is 0 Å². The fourth-order valence-corrected chi connectivity index (χ4v) is 2.68. The molecule has 3 nitrogen and oxygen atoms in total. The molecule has 1 N–H and O–H groups in total. The van der Waals surface area contributed by atoms with Crippen LogP contribution in [0, 0.1) is 11.8 Å². The fraction of sp³-hybridized carbons (Fsp3) is 0.667. The summed E-state index contributed by atoms with van der Waals surface area (Å²) in [7, 11) is 0. The number of nitrogens with zero attached hydrogens (tertiary/aromatic N) is 1. The van der Waals surface area contributed by atoms with Gasteiger partial charge in [0.25, 0.3) is 5.56 Å². The minimum atomic E-state index is 0.0887. The lowest BCUT2D eigenvalue weighted by atomic mass is 9.83. The van der Waals surface area contributed by atoms with E-state index in [1.807, 2.05) is 12.3 Å². The summed E-state index contributed by atoms with van der Waals surface area (Å²) in [6.45, 7) is 5.11. The highest BCUT2D eigenvalue weighted by Crippen LogP contribution is 2.27. The molecule has 100 valence electrons. The van der Waals surface area contributed by atoms with E-state index in [1.165, 1.54) is 25.7 Å². The lowest BCUT2D eigenvalue weighted by Crippen LogP contribution is -2.30. The van der Waals surface area contributed by atoms with Crippen molar-refractivity contribution in [3.8, 4) is 0 Å². The Morgan fingerprint density at radius 1 is 1.28 bits per heavy atom. The molecule has 0 aliphatic heterocycles. The second-order valence-corrected chi connectivity index (χ2v) is 5.56. The molecule has 1 aliphatic carbocycles. The van der Waals surface area contributed by atoms with Crippen LogP contribution in [0.4, 0.5) is 0 Å². The van der Waals surface area contributed by atoms with Crippen molar-refractivity contribution in [2.24, 2.45) is 11.8 Å². The van der Waals surface area contributed by atoms with Crippen molar-refractivity contribution < 1.29 is 0 Å². The summed E-state index contributed by atoms with van der Waals surface area (Å²) in [4.78, 5) is 11.5. The van der Waals surface area contributed by atoms with Gasteiger partial charge < -0.3 is 9.88 Å². The molecule has 1 aromatic heterocycles. The predicted octanol–water partition coefficient (Wildman–Crippen LogP) is 2.26. The molecular weight excluding hydrogens is 224 g/mol. The molecule has 0 radical (unpaired) electrons. The Bertz CT molecular complexity index is 405. The van der Waals surface area contributed by atoms with Gasteiger partial charge in [-0.15, -0.1) is 0 Å². The van der Waals surface area contributed by atoms with Gasteiger partial charge in [0.15, 0.2) is 0 Å². The second kappa shape index (κ2) is 6.74. The lowest BCUT2D eigenvalue weighted by Gasteiger charge is -2.26.